The minimum absolute atomic E-state index is 0.0946. The maximum atomic E-state index is 11.2. The van der Waals surface area contributed by atoms with Crippen LogP contribution in [0.25, 0.3) is 0 Å². The molecule has 0 aromatic carbocycles. The fourth-order valence-corrected chi connectivity index (χ4v) is 2.03. The van der Waals surface area contributed by atoms with Crippen molar-refractivity contribution in [3.8, 4) is 0 Å². The summed E-state index contributed by atoms with van der Waals surface area (Å²) in [5, 5.41) is 9.42. The molecule has 0 bridgehead atoms. The predicted molar refractivity (Wildman–Crippen MR) is 51.3 cm³/mol. The Hall–Kier alpha value is -0.570. The molecule has 3 heteroatoms. The van der Waals surface area contributed by atoms with E-state index in [4.69, 9.17) is 0 Å². The number of aliphatic hydroxyl groups excluding tert-OH is 1. The molecule has 0 aromatic rings. The number of rotatable bonds is 2. The standard InChI is InChI=1S/C10H19NO2/c1-3-4-9-5-6-10(13)7-11(9)8(2)12/h9-10,13H,3-7H2,1-2H3/t9-,10-/m0/s1. The molecule has 1 fully saturated rings. The molecule has 76 valence electrons. The number of carbonyl (C=O) groups excluding carboxylic acids is 1. The lowest BCUT2D eigenvalue weighted by Crippen LogP contribution is -2.47. The van der Waals surface area contributed by atoms with E-state index in [1.165, 1.54) is 0 Å². The highest BCUT2D eigenvalue weighted by atomic mass is 16.3. The lowest BCUT2D eigenvalue weighted by Gasteiger charge is -2.37. The third kappa shape index (κ3) is 2.69. The molecule has 0 spiro atoms. The maximum absolute atomic E-state index is 11.2. The zero-order chi connectivity index (χ0) is 9.84. The highest BCUT2D eigenvalue weighted by Crippen LogP contribution is 2.20. The van der Waals surface area contributed by atoms with Gasteiger partial charge in [-0.05, 0) is 19.3 Å². The number of likely N-dealkylation sites (tertiary alicyclic amines) is 1. The number of carbonyl (C=O) groups is 1. The highest BCUT2D eigenvalue weighted by molar-refractivity contribution is 5.73. The molecule has 0 aliphatic carbocycles. The molecule has 0 saturated carbocycles. The van der Waals surface area contributed by atoms with E-state index in [2.05, 4.69) is 6.92 Å². The first-order valence-corrected chi connectivity index (χ1v) is 5.10. The Labute approximate surface area is 79.7 Å². The summed E-state index contributed by atoms with van der Waals surface area (Å²) in [5.74, 6) is 0.0946. The van der Waals surface area contributed by atoms with E-state index in [1.807, 2.05) is 4.90 Å². The van der Waals surface area contributed by atoms with Crippen LogP contribution in [-0.2, 0) is 4.79 Å². The molecular weight excluding hydrogens is 166 g/mol. The third-order valence-electron chi connectivity index (χ3n) is 2.71. The Morgan fingerprint density at radius 3 is 2.77 bits per heavy atom. The highest BCUT2D eigenvalue weighted by Gasteiger charge is 2.27. The van der Waals surface area contributed by atoms with Gasteiger partial charge in [-0.15, -0.1) is 0 Å². The van der Waals surface area contributed by atoms with E-state index < -0.39 is 0 Å². The fraction of sp³-hybridized carbons (Fsp3) is 0.900. The lowest BCUT2D eigenvalue weighted by atomic mass is 9.96. The quantitative estimate of drug-likeness (QED) is 0.701. The molecule has 0 aromatic heterocycles. The topological polar surface area (TPSA) is 40.5 Å². The second-order valence-electron chi connectivity index (χ2n) is 3.85. The molecule has 1 saturated heterocycles. The number of aliphatic hydroxyl groups is 1. The molecule has 2 atom stereocenters. The Bertz CT molecular complexity index is 182. The molecule has 1 aliphatic heterocycles. The average Bonchev–Trinajstić information content (AvgIpc) is 2.08. The summed E-state index contributed by atoms with van der Waals surface area (Å²) in [7, 11) is 0. The second kappa shape index (κ2) is 4.61. The molecule has 3 nitrogen and oxygen atoms in total. The molecule has 0 radical (unpaired) electrons. The van der Waals surface area contributed by atoms with Crippen molar-refractivity contribution in [1.82, 2.24) is 4.90 Å². The Morgan fingerprint density at radius 1 is 1.54 bits per heavy atom. The van der Waals surface area contributed by atoms with Gasteiger partial charge in [0.15, 0.2) is 0 Å². The van der Waals surface area contributed by atoms with Gasteiger partial charge in [0.25, 0.3) is 0 Å². The van der Waals surface area contributed by atoms with Gasteiger partial charge in [0.1, 0.15) is 0 Å². The van der Waals surface area contributed by atoms with Crippen LogP contribution in [0.15, 0.2) is 0 Å². The number of nitrogens with zero attached hydrogens (tertiary/aromatic N) is 1. The van der Waals surface area contributed by atoms with E-state index in [1.54, 1.807) is 6.92 Å². The largest absolute Gasteiger partial charge is 0.391 e. The van der Waals surface area contributed by atoms with Gasteiger partial charge in [0, 0.05) is 19.5 Å². The van der Waals surface area contributed by atoms with Gasteiger partial charge >= 0.3 is 0 Å². The Kier molecular flexibility index (Phi) is 3.72. The van der Waals surface area contributed by atoms with Crippen LogP contribution in [0, 0.1) is 0 Å². The minimum atomic E-state index is -0.308. The van der Waals surface area contributed by atoms with Gasteiger partial charge in [-0.2, -0.15) is 0 Å². The monoisotopic (exact) mass is 185 g/mol. The van der Waals surface area contributed by atoms with Crippen molar-refractivity contribution in [1.29, 1.82) is 0 Å². The predicted octanol–water partition coefficient (Wildman–Crippen LogP) is 1.16. The molecule has 1 aliphatic rings. The molecule has 0 unspecified atom stereocenters. The van der Waals surface area contributed by atoms with E-state index in [0.29, 0.717) is 12.6 Å². The van der Waals surface area contributed by atoms with Gasteiger partial charge < -0.3 is 10.0 Å². The van der Waals surface area contributed by atoms with Crippen LogP contribution in [0.4, 0.5) is 0 Å². The van der Waals surface area contributed by atoms with E-state index in [-0.39, 0.29) is 12.0 Å². The molecule has 1 rings (SSSR count). The Balaban J connectivity index is 2.55. The number of piperidine rings is 1. The zero-order valence-corrected chi connectivity index (χ0v) is 8.49. The summed E-state index contributed by atoms with van der Waals surface area (Å²) in [4.78, 5) is 13.1. The van der Waals surface area contributed by atoms with Crippen LogP contribution >= 0.6 is 0 Å². The first-order chi connectivity index (χ1) is 6.15. The molecule has 1 heterocycles. The first-order valence-electron chi connectivity index (χ1n) is 5.10. The van der Waals surface area contributed by atoms with Crippen molar-refractivity contribution < 1.29 is 9.90 Å². The summed E-state index contributed by atoms with van der Waals surface area (Å²) in [6, 6.07) is 0.367. The van der Waals surface area contributed by atoms with Crippen molar-refractivity contribution in [2.45, 2.75) is 51.7 Å². The average molecular weight is 185 g/mol. The Morgan fingerprint density at radius 2 is 2.23 bits per heavy atom. The van der Waals surface area contributed by atoms with Crippen molar-refractivity contribution >= 4 is 5.91 Å². The number of hydrogen-bond acceptors (Lipinski definition) is 2. The van der Waals surface area contributed by atoms with Crippen molar-refractivity contribution in [3.05, 3.63) is 0 Å². The van der Waals surface area contributed by atoms with Gasteiger partial charge in [-0.25, -0.2) is 0 Å². The van der Waals surface area contributed by atoms with Crippen LogP contribution in [0.1, 0.15) is 39.5 Å². The van der Waals surface area contributed by atoms with Crippen molar-refractivity contribution in [3.63, 3.8) is 0 Å². The fourth-order valence-electron chi connectivity index (χ4n) is 2.03. The van der Waals surface area contributed by atoms with Crippen LogP contribution in [-0.4, -0.2) is 34.6 Å². The molecular formula is C10H19NO2. The van der Waals surface area contributed by atoms with Crippen LogP contribution < -0.4 is 0 Å². The van der Waals surface area contributed by atoms with Crippen molar-refractivity contribution in [2.24, 2.45) is 0 Å². The first kappa shape index (κ1) is 10.5. The second-order valence-corrected chi connectivity index (χ2v) is 3.85. The summed E-state index contributed by atoms with van der Waals surface area (Å²) in [5.41, 5.74) is 0. The van der Waals surface area contributed by atoms with Gasteiger partial charge in [0.2, 0.25) is 5.91 Å². The summed E-state index contributed by atoms with van der Waals surface area (Å²) in [6.07, 6.45) is 3.65. The van der Waals surface area contributed by atoms with Crippen LogP contribution in [0.2, 0.25) is 0 Å². The summed E-state index contributed by atoms with van der Waals surface area (Å²) < 4.78 is 0. The van der Waals surface area contributed by atoms with Crippen molar-refractivity contribution in [2.75, 3.05) is 6.54 Å². The minimum Gasteiger partial charge on any atom is -0.391 e. The van der Waals surface area contributed by atoms with Gasteiger partial charge in [0.05, 0.1) is 6.10 Å². The zero-order valence-electron chi connectivity index (χ0n) is 8.49. The maximum Gasteiger partial charge on any atom is 0.219 e. The molecule has 1 N–H and O–H groups in total. The summed E-state index contributed by atoms with van der Waals surface area (Å²) >= 11 is 0. The van der Waals surface area contributed by atoms with Crippen LogP contribution in [0.5, 0.6) is 0 Å². The molecule has 13 heavy (non-hydrogen) atoms. The number of β-amino-alcohol motifs (C(OH)–C–C–N with tert-alkyl or cyclic N) is 1. The third-order valence-corrected chi connectivity index (χ3v) is 2.71. The van der Waals surface area contributed by atoms with Crippen LogP contribution in [0.3, 0.4) is 0 Å². The molecule has 1 amide bonds. The van der Waals surface area contributed by atoms with E-state index in [0.717, 1.165) is 25.7 Å². The lowest BCUT2D eigenvalue weighted by molar-refractivity contribution is -0.135. The SMILES string of the molecule is CCC[C@H]1CC[C@H](O)CN1C(C)=O. The number of amides is 1. The van der Waals surface area contributed by atoms with Gasteiger partial charge in [-0.1, -0.05) is 13.3 Å². The smallest absolute Gasteiger partial charge is 0.219 e. The van der Waals surface area contributed by atoms with E-state index >= 15 is 0 Å². The summed E-state index contributed by atoms with van der Waals surface area (Å²) in [6.45, 7) is 4.24. The number of hydrogen-bond donors (Lipinski definition) is 1. The van der Waals surface area contributed by atoms with Gasteiger partial charge in [-0.3, -0.25) is 4.79 Å². The normalized spacial score (nSPS) is 29.0. The van der Waals surface area contributed by atoms with E-state index in [9.17, 15) is 9.90 Å².